The van der Waals surface area contributed by atoms with Crippen LogP contribution in [-0.4, -0.2) is 7.11 Å². The molecule has 2 aromatic carbocycles. The molecule has 2 rings (SSSR count). The Morgan fingerprint density at radius 1 is 1.21 bits per heavy atom. The molecule has 100 valence electrons. The van der Waals surface area contributed by atoms with Gasteiger partial charge in [-0.05, 0) is 37.3 Å². The van der Waals surface area contributed by atoms with Crippen LogP contribution in [0, 0.1) is 5.82 Å². The van der Waals surface area contributed by atoms with Crippen LogP contribution in [0.2, 0.25) is 0 Å². The van der Waals surface area contributed by atoms with Crippen LogP contribution in [0.4, 0.5) is 10.1 Å². The number of rotatable bonds is 4. The van der Waals surface area contributed by atoms with Gasteiger partial charge in [0.1, 0.15) is 11.6 Å². The molecule has 4 heteroatoms. The third kappa shape index (κ3) is 3.26. The lowest BCUT2D eigenvalue weighted by Gasteiger charge is -2.19. The Bertz CT molecular complexity index is 574. The summed E-state index contributed by atoms with van der Waals surface area (Å²) in [6.07, 6.45) is 0. The van der Waals surface area contributed by atoms with Crippen molar-refractivity contribution in [2.24, 2.45) is 0 Å². The second kappa shape index (κ2) is 6.06. The van der Waals surface area contributed by atoms with E-state index in [1.54, 1.807) is 19.2 Å². The summed E-state index contributed by atoms with van der Waals surface area (Å²) in [5.74, 6) is 0.282. The Morgan fingerprint density at radius 3 is 2.63 bits per heavy atom. The standard InChI is InChI=1S/C15H15BrFNO/c1-10(18-12-6-3-5-11(16)9-12)15-13(17)7-4-8-14(15)19-2/h3-10,18H,1-2H3. The summed E-state index contributed by atoms with van der Waals surface area (Å²) in [6.45, 7) is 1.90. The molecular weight excluding hydrogens is 309 g/mol. The normalized spacial score (nSPS) is 12.0. The topological polar surface area (TPSA) is 21.3 Å². The Kier molecular flexibility index (Phi) is 4.43. The number of methoxy groups -OCH3 is 1. The maximum Gasteiger partial charge on any atom is 0.132 e. The SMILES string of the molecule is COc1cccc(F)c1C(C)Nc1cccc(Br)c1. The molecule has 2 nitrogen and oxygen atoms in total. The molecule has 0 fully saturated rings. The van der Waals surface area contributed by atoms with Crippen molar-refractivity contribution in [3.05, 3.63) is 58.3 Å². The highest BCUT2D eigenvalue weighted by Gasteiger charge is 2.16. The number of nitrogens with one attached hydrogen (secondary N) is 1. The predicted octanol–water partition coefficient (Wildman–Crippen LogP) is 4.77. The second-order valence-electron chi connectivity index (χ2n) is 4.23. The molecular formula is C15H15BrFNO. The molecule has 19 heavy (non-hydrogen) atoms. The fourth-order valence-corrected chi connectivity index (χ4v) is 2.42. The van der Waals surface area contributed by atoms with E-state index < -0.39 is 0 Å². The van der Waals surface area contributed by atoms with Crippen molar-refractivity contribution in [3.8, 4) is 5.75 Å². The summed E-state index contributed by atoms with van der Waals surface area (Å²) in [5, 5.41) is 3.26. The van der Waals surface area contributed by atoms with E-state index >= 15 is 0 Å². The van der Waals surface area contributed by atoms with Crippen LogP contribution in [0.25, 0.3) is 0 Å². The van der Waals surface area contributed by atoms with Gasteiger partial charge in [0.25, 0.3) is 0 Å². The zero-order valence-corrected chi connectivity index (χ0v) is 12.4. The van der Waals surface area contributed by atoms with Crippen molar-refractivity contribution < 1.29 is 9.13 Å². The van der Waals surface area contributed by atoms with Gasteiger partial charge in [0.2, 0.25) is 0 Å². The highest BCUT2D eigenvalue weighted by molar-refractivity contribution is 9.10. The first-order chi connectivity index (χ1) is 9.11. The maximum atomic E-state index is 13.9. The summed E-state index contributed by atoms with van der Waals surface area (Å²) in [4.78, 5) is 0. The van der Waals surface area contributed by atoms with Crippen molar-refractivity contribution in [3.63, 3.8) is 0 Å². The van der Waals surface area contributed by atoms with Crippen molar-refractivity contribution in [1.82, 2.24) is 0 Å². The first-order valence-corrected chi connectivity index (χ1v) is 6.75. The fourth-order valence-electron chi connectivity index (χ4n) is 2.02. The summed E-state index contributed by atoms with van der Waals surface area (Å²) in [6, 6.07) is 12.4. The monoisotopic (exact) mass is 323 g/mol. The number of ether oxygens (including phenoxy) is 1. The van der Waals surface area contributed by atoms with E-state index in [4.69, 9.17) is 4.74 Å². The Hall–Kier alpha value is -1.55. The lowest BCUT2D eigenvalue weighted by Crippen LogP contribution is -2.10. The molecule has 0 aromatic heterocycles. The largest absolute Gasteiger partial charge is 0.496 e. The minimum absolute atomic E-state index is 0.189. The maximum absolute atomic E-state index is 13.9. The molecule has 0 heterocycles. The summed E-state index contributed by atoms with van der Waals surface area (Å²) in [5.41, 5.74) is 1.46. The van der Waals surface area contributed by atoms with Gasteiger partial charge in [-0.3, -0.25) is 0 Å². The first-order valence-electron chi connectivity index (χ1n) is 5.96. The van der Waals surface area contributed by atoms with Gasteiger partial charge in [0.05, 0.1) is 18.7 Å². The van der Waals surface area contributed by atoms with Crippen LogP contribution < -0.4 is 10.1 Å². The van der Waals surface area contributed by atoms with Crippen molar-refractivity contribution >= 4 is 21.6 Å². The van der Waals surface area contributed by atoms with Crippen LogP contribution >= 0.6 is 15.9 Å². The molecule has 0 radical (unpaired) electrons. The van der Waals surface area contributed by atoms with E-state index in [-0.39, 0.29) is 11.9 Å². The summed E-state index contributed by atoms with van der Waals surface area (Å²) < 4.78 is 20.1. The van der Waals surface area contributed by atoms with Crippen LogP contribution in [0.3, 0.4) is 0 Å². The van der Waals surface area contributed by atoms with E-state index in [0.29, 0.717) is 11.3 Å². The predicted molar refractivity (Wildman–Crippen MR) is 79.1 cm³/mol. The number of hydrogen-bond donors (Lipinski definition) is 1. The molecule has 2 aromatic rings. The van der Waals surface area contributed by atoms with Gasteiger partial charge in [-0.15, -0.1) is 0 Å². The smallest absolute Gasteiger partial charge is 0.132 e. The lowest BCUT2D eigenvalue weighted by atomic mass is 10.1. The average Bonchev–Trinajstić information content (AvgIpc) is 2.38. The Morgan fingerprint density at radius 2 is 1.95 bits per heavy atom. The molecule has 1 N–H and O–H groups in total. The van der Waals surface area contributed by atoms with Crippen LogP contribution in [0.1, 0.15) is 18.5 Å². The first kappa shape index (κ1) is 13.9. The van der Waals surface area contributed by atoms with E-state index in [9.17, 15) is 4.39 Å². The van der Waals surface area contributed by atoms with E-state index in [0.717, 1.165) is 10.2 Å². The molecule has 0 spiro atoms. The van der Waals surface area contributed by atoms with Gasteiger partial charge in [-0.2, -0.15) is 0 Å². The number of hydrogen-bond acceptors (Lipinski definition) is 2. The zero-order chi connectivity index (χ0) is 13.8. The highest BCUT2D eigenvalue weighted by atomic mass is 79.9. The second-order valence-corrected chi connectivity index (χ2v) is 5.15. The lowest BCUT2D eigenvalue weighted by molar-refractivity contribution is 0.402. The van der Waals surface area contributed by atoms with Crippen LogP contribution in [0.5, 0.6) is 5.75 Å². The van der Waals surface area contributed by atoms with Crippen molar-refractivity contribution in [2.45, 2.75) is 13.0 Å². The number of halogens is 2. The molecule has 0 amide bonds. The summed E-state index contributed by atoms with van der Waals surface area (Å²) in [7, 11) is 1.55. The zero-order valence-electron chi connectivity index (χ0n) is 10.8. The average molecular weight is 324 g/mol. The van der Waals surface area contributed by atoms with Gasteiger partial charge in [0, 0.05) is 10.2 Å². The van der Waals surface area contributed by atoms with E-state index in [1.165, 1.54) is 6.07 Å². The van der Waals surface area contributed by atoms with Gasteiger partial charge in [-0.25, -0.2) is 4.39 Å². The van der Waals surface area contributed by atoms with Gasteiger partial charge < -0.3 is 10.1 Å². The van der Waals surface area contributed by atoms with Crippen molar-refractivity contribution in [2.75, 3.05) is 12.4 Å². The fraction of sp³-hybridized carbons (Fsp3) is 0.200. The third-order valence-electron chi connectivity index (χ3n) is 2.87. The molecule has 0 saturated carbocycles. The van der Waals surface area contributed by atoms with E-state index in [2.05, 4.69) is 21.2 Å². The molecule has 0 aliphatic heterocycles. The molecule has 1 atom stereocenters. The highest BCUT2D eigenvalue weighted by Crippen LogP contribution is 2.30. The molecule has 0 saturated heterocycles. The van der Waals surface area contributed by atoms with Gasteiger partial charge in [-0.1, -0.05) is 28.1 Å². The molecule has 0 bridgehead atoms. The minimum Gasteiger partial charge on any atom is -0.496 e. The number of benzene rings is 2. The van der Waals surface area contributed by atoms with Gasteiger partial charge >= 0.3 is 0 Å². The van der Waals surface area contributed by atoms with Crippen LogP contribution in [-0.2, 0) is 0 Å². The van der Waals surface area contributed by atoms with E-state index in [1.807, 2.05) is 31.2 Å². The van der Waals surface area contributed by atoms with Gasteiger partial charge in [0.15, 0.2) is 0 Å². The number of anilines is 1. The molecule has 0 aliphatic carbocycles. The Balaban J connectivity index is 2.27. The molecule has 1 unspecified atom stereocenters. The van der Waals surface area contributed by atoms with Crippen LogP contribution in [0.15, 0.2) is 46.9 Å². The summed E-state index contributed by atoms with van der Waals surface area (Å²) >= 11 is 3.41. The quantitative estimate of drug-likeness (QED) is 0.875. The third-order valence-corrected chi connectivity index (χ3v) is 3.37. The Labute approximate surface area is 120 Å². The van der Waals surface area contributed by atoms with Crippen molar-refractivity contribution in [1.29, 1.82) is 0 Å². The molecule has 0 aliphatic rings. The minimum atomic E-state index is -0.269.